The first-order valence-electron chi connectivity index (χ1n) is 9.51. The van der Waals surface area contributed by atoms with Crippen LogP contribution in [-0.2, 0) is 4.79 Å². The fraction of sp³-hybridized carbons (Fsp3) is 0.364. The third-order valence-electron chi connectivity index (χ3n) is 4.08. The van der Waals surface area contributed by atoms with Crippen molar-refractivity contribution in [3.8, 4) is 11.5 Å². The van der Waals surface area contributed by atoms with Gasteiger partial charge in [-0.2, -0.15) is 0 Å². The molecular formula is C22H28N2O3S. The van der Waals surface area contributed by atoms with Crippen LogP contribution in [0.25, 0.3) is 0 Å². The number of carbonyl (C=O) groups excluding carboxylic acids is 1. The number of anilines is 1. The van der Waals surface area contributed by atoms with E-state index in [2.05, 4.69) is 17.6 Å². The Kier molecular flexibility index (Phi) is 8.75. The second kappa shape index (κ2) is 11.3. The Labute approximate surface area is 172 Å². The molecule has 6 heteroatoms. The minimum Gasteiger partial charge on any atom is -0.494 e. The Balaban J connectivity index is 1.75. The molecule has 2 aromatic rings. The summed E-state index contributed by atoms with van der Waals surface area (Å²) < 4.78 is 11.3. The molecule has 0 aromatic heterocycles. The fourth-order valence-electron chi connectivity index (χ4n) is 2.51. The average molecular weight is 401 g/mol. The van der Waals surface area contributed by atoms with E-state index in [0.29, 0.717) is 5.75 Å². The first-order valence-corrected chi connectivity index (χ1v) is 9.92. The van der Waals surface area contributed by atoms with Crippen molar-refractivity contribution >= 4 is 28.9 Å². The van der Waals surface area contributed by atoms with Gasteiger partial charge in [-0.05, 0) is 73.9 Å². The first kappa shape index (κ1) is 21.7. The van der Waals surface area contributed by atoms with Crippen LogP contribution >= 0.6 is 12.2 Å². The third-order valence-corrected chi connectivity index (χ3v) is 4.29. The highest BCUT2D eigenvalue weighted by Gasteiger charge is 2.08. The predicted molar refractivity (Wildman–Crippen MR) is 117 cm³/mol. The molecule has 0 radical (unpaired) electrons. The minimum absolute atomic E-state index is 0.101. The summed E-state index contributed by atoms with van der Waals surface area (Å²) in [6, 6.07) is 13.4. The van der Waals surface area contributed by atoms with Gasteiger partial charge in [0.15, 0.2) is 11.7 Å². The molecule has 0 spiro atoms. The second-order valence-electron chi connectivity index (χ2n) is 6.64. The van der Waals surface area contributed by atoms with Crippen molar-refractivity contribution in [3.05, 3.63) is 53.6 Å². The molecule has 0 unspecified atom stereocenters. The van der Waals surface area contributed by atoms with E-state index in [1.807, 2.05) is 56.3 Å². The normalized spacial score (nSPS) is 10.2. The zero-order valence-electron chi connectivity index (χ0n) is 16.7. The number of rotatable bonds is 9. The van der Waals surface area contributed by atoms with Crippen molar-refractivity contribution in [2.45, 2.75) is 40.0 Å². The van der Waals surface area contributed by atoms with Gasteiger partial charge in [0.1, 0.15) is 11.5 Å². The van der Waals surface area contributed by atoms with Gasteiger partial charge in [-0.25, -0.2) is 0 Å². The molecule has 0 fully saturated rings. The summed E-state index contributed by atoms with van der Waals surface area (Å²) in [5, 5.41) is 5.83. The van der Waals surface area contributed by atoms with E-state index in [9.17, 15) is 4.79 Å². The van der Waals surface area contributed by atoms with E-state index in [-0.39, 0.29) is 17.6 Å². The molecule has 0 saturated heterocycles. The summed E-state index contributed by atoms with van der Waals surface area (Å²) in [7, 11) is 0. The molecule has 0 bridgehead atoms. The van der Waals surface area contributed by atoms with Gasteiger partial charge in [0.2, 0.25) is 0 Å². The largest absolute Gasteiger partial charge is 0.494 e. The Bertz CT molecular complexity index is 791. The third kappa shape index (κ3) is 7.56. The van der Waals surface area contributed by atoms with Crippen LogP contribution in [0.2, 0.25) is 0 Å². The molecular weight excluding hydrogens is 372 g/mol. The Morgan fingerprint density at radius 3 is 2.50 bits per heavy atom. The van der Waals surface area contributed by atoms with Crippen LogP contribution in [0.1, 0.15) is 37.3 Å². The van der Waals surface area contributed by atoms with Gasteiger partial charge in [0.25, 0.3) is 5.91 Å². The van der Waals surface area contributed by atoms with Crippen molar-refractivity contribution in [2.24, 2.45) is 0 Å². The first-order chi connectivity index (χ1) is 13.5. The van der Waals surface area contributed by atoms with E-state index in [0.717, 1.165) is 35.6 Å². The van der Waals surface area contributed by atoms with Crippen LogP contribution in [0.3, 0.4) is 0 Å². The highest BCUT2D eigenvalue weighted by molar-refractivity contribution is 7.80. The maximum atomic E-state index is 12.1. The smallest absolute Gasteiger partial charge is 0.264 e. The molecule has 0 aliphatic carbocycles. The molecule has 150 valence electrons. The Morgan fingerprint density at radius 1 is 1.04 bits per heavy atom. The molecule has 2 aromatic carbocycles. The zero-order valence-corrected chi connectivity index (χ0v) is 17.5. The second-order valence-corrected chi connectivity index (χ2v) is 7.05. The van der Waals surface area contributed by atoms with E-state index in [4.69, 9.17) is 21.7 Å². The van der Waals surface area contributed by atoms with Crippen molar-refractivity contribution in [3.63, 3.8) is 0 Å². The molecule has 0 aliphatic heterocycles. The number of benzene rings is 2. The summed E-state index contributed by atoms with van der Waals surface area (Å²) in [6.45, 7) is 6.70. The van der Waals surface area contributed by atoms with Crippen LogP contribution in [-0.4, -0.2) is 24.2 Å². The van der Waals surface area contributed by atoms with Crippen LogP contribution in [0, 0.1) is 13.8 Å². The van der Waals surface area contributed by atoms with E-state index in [1.165, 1.54) is 12.8 Å². The number of amides is 1. The highest BCUT2D eigenvalue weighted by Crippen LogP contribution is 2.19. The van der Waals surface area contributed by atoms with E-state index < -0.39 is 0 Å². The number of thiocarbonyl (C=S) groups is 1. The maximum Gasteiger partial charge on any atom is 0.264 e. The van der Waals surface area contributed by atoms with Crippen LogP contribution < -0.4 is 20.1 Å². The van der Waals surface area contributed by atoms with Gasteiger partial charge in [0.05, 0.1) is 6.61 Å². The molecule has 28 heavy (non-hydrogen) atoms. The van der Waals surface area contributed by atoms with Gasteiger partial charge in [-0.1, -0.05) is 31.9 Å². The monoisotopic (exact) mass is 400 g/mol. The number of ether oxygens (including phenoxy) is 2. The summed E-state index contributed by atoms with van der Waals surface area (Å²) >= 11 is 5.19. The van der Waals surface area contributed by atoms with Crippen LogP contribution in [0.5, 0.6) is 11.5 Å². The van der Waals surface area contributed by atoms with Crippen molar-refractivity contribution in [2.75, 3.05) is 18.5 Å². The lowest BCUT2D eigenvalue weighted by molar-refractivity contribution is -0.121. The maximum absolute atomic E-state index is 12.1. The summed E-state index contributed by atoms with van der Waals surface area (Å²) in [6.07, 6.45) is 3.39. The number of hydrogen-bond donors (Lipinski definition) is 2. The molecule has 2 N–H and O–H groups in total. The van der Waals surface area contributed by atoms with E-state index >= 15 is 0 Å². The van der Waals surface area contributed by atoms with Gasteiger partial charge < -0.3 is 14.8 Å². The quantitative estimate of drug-likeness (QED) is 0.469. The minimum atomic E-state index is -0.311. The number of nitrogens with one attached hydrogen (secondary N) is 2. The van der Waals surface area contributed by atoms with Crippen molar-refractivity contribution in [1.82, 2.24) is 5.32 Å². The molecule has 0 atom stereocenters. The number of hydrogen-bond acceptors (Lipinski definition) is 4. The number of aryl methyl sites for hydroxylation is 2. The number of unbranched alkanes of at least 4 members (excludes halogenated alkanes) is 2. The van der Waals surface area contributed by atoms with Crippen LogP contribution in [0.4, 0.5) is 5.69 Å². The van der Waals surface area contributed by atoms with Crippen molar-refractivity contribution in [1.29, 1.82) is 0 Å². The molecule has 1 amide bonds. The molecule has 5 nitrogen and oxygen atoms in total. The van der Waals surface area contributed by atoms with Gasteiger partial charge in [-0.3, -0.25) is 10.1 Å². The Morgan fingerprint density at radius 2 is 1.79 bits per heavy atom. The topological polar surface area (TPSA) is 59.6 Å². The predicted octanol–water partition coefficient (Wildman–Crippen LogP) is 4.76. The summed E-state index contributed by atoms with van der Waals surface area (Å²) in [5.41, 5.74) is 2.84. The number of carbonyl (C=O) groups is 1. The molecule has 0 saturated carbocycles. The lowest BCUT2D eigenvalue weighted by atomic mass is 10.1. The van der Waals surface area contributed by atoms with Crippen molar-refractivity contribution < 1.29 is 14.3 Å². The lowest BCUT2D eigenvalue weighted by Gasteiger charge is -2.12. The molecule has 2 rings (SSSR count). The Hall–Kier alpha value is -2.60. The fourth-order valence-corrected chi connectivity index (χ4v) is 2.74. The summed E-state index contributed by atoms with van der Waals surface area (Å²) in [4.78, 5) is 12.1. The average Bonchev–Trinajstić information content (AvgIpc) is 2.67. The highest BCUT2D eigenvalue weighted by atomic mass is 32.1. The lowest BCUT2D eigenvalue weighted by Crippen LogP contribution is -2.37. The SMILES string of the molecule is CCCCCOc1ccc(NC(=S)NC(=O)COc2cc(C)ccc2C)cc1. The molecule has 0 heterocycles. The molecule has 0 aliphatic rings. The zero-order chi connectivity index (χ0) is 20.4. The summed E-state index contributed by atoms with van der Waals surface area (Å²) in [5.74, 6) is 1.20. The van der Waals surface area contributed by atoms with E-state index in [1.54, 1.807) is 0 Å². The standard InChI is InChI=1S/C22H28N2O3S/c1-4-5-6-13-26-19-11-9-18(10-12-19)23-22(28)24-21(25)15-27-20-14-16(2)7-8-17(20)3/h7-12,14H,4-6,13,15H2,1-3H3,(H2,23,24,25,28). The van der Waals surface area contributed by atoms with Crippen LogP contribution in [0.15, 0.2) is 42.5 Å². The van der Waals surface area contributed by atoms with Gasteiger partial charge in [0, 0.05) is 5.69 Å². The van der Waals surface area contributed by atoms with Gasteiger partial charge in [-0.15, -0.1) is 0 Å². The van der Waals surface area contributed by atoms with Gasteiger partial charge >= 0.3 is 0 Å².